The van der Waals surface area contributed by atoms with E-state index in [0.29, 0.717) is 6.92 Å². The summed E-state index contributed by atoms with van der Waals surface area (Å²) >= 11 is 0. The van der Waals surface area contributed by atoms with Gasteiger partial charge in [-0.1, -0.05) is 6.58 Å². The second kappa shape index (κ2) is 12.0. The van der Waals surface area contributed by atoms with Crippen LogP contribution in [0.15, 0.2) is 12.2 Å². The smallest absolute Gasteiger partial charge is 0.457 e. The normalized spacial score (nSPS) is 15.0. The summed E-state index contributed by atoms with van der Waals surface area (Å²) in [6, 6.07) is 0. The molecule has 0 bridgehead atoms. The molecule has 0 saturated heterocycles. The molecule has 0 aromatic heterocycles. The van der Waals surface area contributed by atoms with E-state index in [1.54, 1.807) is 0 Å². The van der Waals surface area contributed by atoms with Crippen LogP contribution < -0.4 is 0 Å². The number of esters is 4. The number of hydrogen-bond acceptors (Lipinski definition) is 8. The first-order valence-corrected chi connectivity index (χ1v) is 9.27. The number of ether oxygens (including phenoxy) is 4. The van der Waals surface area contributed by atoms with Gasteiger partial charge < -0.3 is 18.9 Å². The van der Waals surface area contributed by atoms with Gasteiger partial charge in [-0.15, -0.1) is 0 Å². The predicted octanol–water partition coefficient (Wildman–Crippen LogP) is 4.07. The lowest BCUT2D eigenvalue weighted by molar-refractivity contribution is -0.289. The zero-order chi connectivity index (χ0) is 32.3. The summed E-state index contributed by atoms with van der Waals surface area (Å²) in [5, 5.41) is 0. The maximum absolute atomic E-state index is 13.3. The first kappa shape index (κ1) is 36.6. The van der Waals surface area contributed by atoms with Crippen molar-refractivity contribution in [2.24, 2.45) is 0 Å². The molecule has 0 aliphatic heterocycles. The van der Waals surface area contributed by atoms with Crippen LogP contribution in [-0.4, -0.2) is 85.6 Å². The molecule has 0 N–H and O–H groups in total. The number of halogens is 15. The molecular formula is C17H11F15O8. The molecule has 0 aliphatic carbocycles. The molecule has 0 radical (unpaired) electrons. The van der Waals surface area contributed by atoms with Crippen molar-refractivity contribution in [3.8, 4) is 0 Å². The van der Waals surface area contributed by atoms with Crippen LogP contribution >= 0.6 is 0 Å². The van der Waals surface area contributed by atoms with Crippen LogP contribution in [0, 0.1) is 0 Å². The lowest BCUT2D eigenvalue weighted by Gasteiger charge is -2.29. The van der Waals surface area contributed by atoms with Crippen LogP contribution in [0.1, 0.15) is 6.92 Å². The fraction of sp³-hybridized carbons (Fsp3) is 0.647. The summed E-state index contributed by atoms with van der Waals surface area (Å²) in [6.07, 6.45) is -26.8. The summed E-state index contributed by atoms with van der Waals surface area (Å²) in [4.78, 5) is 45.3. The summed E-state index contributed by atoms with van der Waals surface area (Å²) in [5.41, 5.74) is -0.816. The topological polar surface area (TPSA) is 105 Å². The number of hydrogen-bond donors (Lipinski definition) is 0. The minimum Gasteiger partial charge on any atom is -0.457 e. The molecule has 0 saturated carbocycles. The first-order chi connectivity index (χ1) is 17.5. The molecule has 2 atom stereocenters. The molecule has 232 valence electrons. The lowest BCUT2D eigenvalue weighted by Crippen LogP contribution is -2.52. The highest BCUT2D eigenvalue weighted by Crippen LogP contribution is 2.39. The zero-order valence-electron chi connectivity index (χ0n) is 18.7. The average Bonchev–Trinajstić information content (AvgIpc) is 2.75. The van der Waals surface area contributed by atoms with Gasteiger partial charge in [0, 0.05) is 5.57 Å². The first-order valence-electron chi connectivity index (χ1n) is 9.27. The van der Waals surface area contributed by atoms with E-state index in [2.05, 4.69) is 25.5 Å². The molecule has 0 heterocycles. The molecule has 0 spiro atoms. The van der Waals surface area contributed by atoms with Crippen molar-refractivity contribution < 1.29 is 104 Å². The van der Waals surface area contributed by atoms with Crippen LogP contribution in [0.25, 0.3) is 0 Å². The SMILES string of the molecule is C=C(C)C(=O)OC(COC(=O)C(F)(F)C(F)(F)F)C(COC(=O)C(F)(F)C(F)(F)F)OC(=O)C(F)(F)C(F)(F)F. The van der Waals surface area contributed by atoms with Gasteiger partial charge in [-0.3, -0.25) is 0 Å². The lowest BCUT2D eigenvalue weighted by atomic mass is 10.2. The Morgan fingerprint density at radius 2 is 0.825 bits per heavy atom. The van der Waals surface area contributed by atoms with E-state index in [4.69, 9.17) is 0 Å². The predicted molar refractivity (Wildman–Crippen MR) is 89.5 cm³/mol. The van der Waals surface area contributed by atoms with Crippen LogP contribution in [0.4, 0.5) is 65.9 Å². The van der Waals surface area contributed by atoms with Gasteiger partial charge in [0.15, 0.2) is 12.2 Å². The molecule has 0 aromatic carbocycles. The van der Waals surface area contributed by atoms with Crippen molar-refractivity contribution in [2.75, 3.05) is 13.2 Å². The van der Waals surface area contributed by atoms with E-state index in [9.17, 15) is 85.0 Å². The van der Waals surface area contributed by atoms with Crippen LogP contribution in [0.2, 0.25) is 0 Å². The van der Waals surface area contributed by atoms with Gasteiger partial charge in [0.05, 0.1) is 0 Å². The summed E-state index contributed by atoms with van der Waals surface area (Å²) in [6.45, 7) is -1.24. The molecule has 8 nitrogen and oxygen atoms in total. The second-order valence-corrected chi connectivity index (χ2v) is 7.08. The molecule has 23 heteroatoms. The van der Waals surface area contributed by atoms with E-state index < -0.39 is 91.2 Å². The molecule has 0 fully saturated rings. The van der Waals surface area contributed by atoms with Gasteiger partial charge in [-0.05, 0) is 6.92 Å². The van der Waals surface area contributed by atoms with Crippen molar-refractivity contribution in [1.29, 1.82) is 0 Å². The molecule has 0 rings (SSSR count). The Kier molecular flexibility index (Phi) is 11.0. The number of carbonyl (C=O) groups excluding carboxylic acids is 4. The standard InChI is InChI=1S/C17H11F15O8/c1-5(2)8(33)39-6(3-37-9(34)12(18,19)15(24,25)26)7(40-11(36)14(22,23)17(30,31)32)4-38-10(35)13(20,21)16(27,28)29/h6-7H,1,3-4H2,2H3. The summed E-state index contributed by atoms with van der Waals surface area (Å²) in [7, 11) is 0. The highest BCUT2D eigenvalue weighted by molar-refractivity contribution is 5.87. The van der Waals surface area contributed by atoms with Gasteiger partial charge in [0.2, 0.25) is 0 Å². The second-order valence-electron chi connectivity index (χ2n) is 7.08. The van der Waals surface area contributed by atoms with Crippen molar-refractivity contribution in [2.45, 2.75) is 55.4 Å². The molecule has 0 aromatic rings. The molecular weight excluding hydrogens is 617 g/mol. The van der Waals surface area contributed by atoms with Gasteiger partial charge in [0.1, 0.15) is 13.2 Å². The highest BCUT2D eigenvalue weighted by atomic mass is 19.4. The molecule has 0 amide bonds. The summed E-state index contributed by atoms with van der Waals surface area (Å²) < 4.78 is 204. The Morgan fingerprint density at radius 1 is 0.550 bits per heavy atom. The maximum atomic E-state index is 13.3. The monoisotopic (exact) mass is 628 g/mol. The van der Waals surface area contributed by atoms with Crippen LogP contribution in [0.5, 0.6) is 0 Å². The largest absolute Gasteiger partial charge is 0.465 e. The van der Waals surface area contributed by atoms with Gasteiger partial charge in [0.25, 0.3) is 0 Å². The van der Waals surface area contributed by atoms with Crippen LogP contribution in [-0.2, 0) is 38.1 Å². The maximum Gasteiger partial charge on any atom is 0.465 e. The molecule has 40 heavy (non-hydrogen) atoms. The van der Waals surface area contributed by atoms with Crippen molar-refractivity contribution in [3.63, 3.8) is 0 Å². The minimum atomic E-state index is -6.81. The van der Waals surface area contributed by atoms with E-state index in [1.165, 1.54) is 0 Å². The van der Waals surface area contributed by atoms with Crippen LogP contribution in [0.3, 0.4) is 0 Å². The van der Waals surface area contributed by atoms with Crippen molar-refractivity contribution in [3.05, 3.63) is 12.2 Å². The van der Waals surface area contributed by atoms with Crippen molar-refractivity contribution >= 4 is 23.9 Å². The average molecular weight is 628 g/mol. The molecule has 0 aliphatic rings. The number of carbonyl (C=O) groups is 4. The Morgan fingerprint density at radius 3 is 1.10 bits per heavy atom. The highest BCUT2D eigenvalue weighted by Gasteiger charge is 2.67. The van der Waals surface area contributed by atoms with E-state index >= 15 is 0 Å². The summed E-state index contributed by atoms with van der Waals surface area (Å²) in [5.74, 6) is -32.2. The number of alkyl halides is 15. The zero-order valence-corrected chi connectivity index (χ0v) is 18.7. The van der Waals surface area contributed by atoms with Gasteiger partial charge in [-0.25, -0.2) is 19.2 Å². The van der Waals surface area contributed by atoms with Crippen molar-refractivity contribution in [1.82, 2.24) is 0 Å². The van der Waals surface area contributed by atoms with Gasteiger partial charge in [-0.2, -0.15) is 65.9 Å². The fourth-order valence-electron chi connectivity index (χ4n) is 1.73. The quantitative estimate of drug-likeness (QED) is 0.146. The Labute approximate surface area is 209 Å². The third-order valence-corrected chi connectivity index (χ3v) is 3.87. The Balaban J connectivity index is 6.47. The van der Waals surface area contributed by atoms with Gasteiger partial charge >= 0.3 is 60.2 Å². The van der Waals surface area contributed by atoms with E-state index in [-0.39, 0.29) is 0 Å². The third kappa shape index (κ3) is 8.53. The minimum absolute atomic E-state index is 0.714. The number of rotatable bonds is 11. The third-order valence-electron chi connectivity index (χ3n) is 3.87. The fourth-order valence-corrected chi connectivity index (χ4v) is 1.73. The van der Waals surface area contributed by atoms with E-state index in [1.807, 2.05) is 0 Å². The van der Waals surface area contributed by atoms with E-state index in [0.717, 1.165) is 0 Å². The Bertz CT molecular complexity index is 981. The molecule has 2 unspecified atom stereocenters. The Hall–Kier alpha value is -3.43.